The lowest BCUT2D eigenvalue weighted by Crippen LogP contribution is -2.25. The minimum Gasteiger partial charge on any atom is -0.490 e. The van der Waals surface area contributed by atoms with Gasteiger partial charge in [-0.05, 0) is 37.3 Å². The van der Waals surface area contributed by atoms with Crippen LogP contribution >= 0.6 is 11.6 Å². The Morgan fingerprint density at radius 3 is 2.73 bits per heavy atom. The maximum Gasteiger partial charge on any atom is 0.311 e. The van der Waals surface area contributed by atoms with Gasteiger partial charge < -0.3 is 9.47 Å². The summed E-state index contributed by atoms with van der Waals surface area (Å²) in [6.07, 6.45) is 0. The number of nitro groups is 1. The number of ether oxygens (including phenoxy) is 2. The minimum atomic E-state index is -0.549. The number of hydrazone groups is 1. The third-order valence-electron chi connectivity index (χ3n) is 3.31. The molecule has 8 nitrogen and oxygen atoms in total. The largest absolute Gasteiger partial charge is 0.490 e. The van der Waals surface area contributed by atoms with E-state index in [0.29, 0.717) is 22.0 Å². The number of hydrogen-bond donors (Lipinski definition) is 1. The minimum absolute atomic E-state index is 0.144. The molecule has 0 saturated carbocycles. The molecule has 0 aliphatic rings. The van der Waals surface area contributed by atoms with Crippen molar-refractivity contribution < 1.29 is 19.2 Å². The molecule has 1 amide bonds. The molecule has 0 atom stereocenters. The molecule has 9 heteroatoms. The zero-order valence-corrected chi connectivity index (χ0v) is 14.8. The van der Waals surface area contributed by atoms with E-state index in [1.807, 2.05) is 0 Å². The molecule has 0 fully saturated rings. The van der Waals surface area contributed by atoms with Gasteiger partial charge in [0.2, 0.25) is 0 Å². The van der Waals surface area contributed by atoms with Gasteiger partial charge in [0.1, 0.15) is 5.75 Å². The lowest BCUT2D eigenvalue weighted by Gasteiger charge is -2.07. The molecule has 1 N–H and O–H groups in total. The van der Waals surface area contributed by atoms with Crippen LogP contribution in [0.3, 0.4) is 0 Å². The van der Waals surface area contributed by atoms with Crippen molar-refractivity contribution in [3.8, 4) is 11.5 Å². The van der Waals surface area contributed by atoms with E-state index >= 15 is 0 Å². The van der Waals surface area contributed by atoms with Crippen molar-refractivity contribution in [3.05, 3.63) is 63.2 Å². The molecule has 0 heterocycles. The van der Waals surface area contributed by atoms with E-state index in [9.17, 15) is 14.9 Å². The van der Waals surface area contributed by atoms with Crippen LogP contribution in [0.1, 0.15) is 12.5 Å². The van der Waals surface area contributed by atoms with Crippen LogP contribution in [0.4, 0.5) is 5.69 Å². The van der Waals surface area contributed by atoms with Crippen LogP contribution in [0.15, 0.2) is 47.6 Å². The second kappa shape index (κ2) is 8.82. The fourth-order valence-electron chi connectivity index (χ4n) is 2.01. The molecule has 0 spiro atoms. The van der Waals surface area contributed by atoms with Crippen LogP contribution in [-0.2, 0) is 4.79 Å². The predicted molar refractivity (Wildman–Crippen MR) is 96.9 cm³/mol. The fourth-order valence-corrected chi connectivity index (χ4v) is 2.19. The van der Waals surface area contributed by atoms with Crippen LogP contribution in [-0.4, -0.2) is 30.3 Å². The zero-order valence-electron chi connectivity index (χ0n) is 14.1. The summed E-state index contributed by atoms with van der Waals surface area (Å²) in [7, 11) is 1.35. The van der Waals surface area contributed by atoms with Gasteiger partial charge in [0.05, 0.1) is 17.7 Å². The maximum absolute atomic E-state index is 11.8. The van der Waals surface area contributed by atoms with Crippen molar-refractivity contribution in [3.63, 3.8) is 0 Å². The normalized spacial score (nSPS) is 11.0. The number of hydrogen-bond acceptors (Lipinski definition) is 6. The smallest absolute Gasteiger partial charge is 0.311 e. The van der Waals surface area contributed by atoms with E-state index in [1.165, 1.54) is 19.2 Å². The molecule has 2 aromatic carbocycles. The molecular weight excluding hydrogens is 362 g/mol. The summed E-state index contributed by atoms with van der Waals surface area (Å²) in [4.78, 5) is 22.3. The molecule has 0 bridgehead atoms. The topological polar surface area (TPSA) is 103 Å². The SMILES string of the molecule is COc1ccc(/C(C)=N/NC(=O)COc2cccc(Cl)c2)cc1[N+](=O)[O-]. The van der Waals surface area contributed by atoms with Gasteiger partial charge in [-0.1, -0.05) is 17.7 Å². The molecule has 0 unspecified atom stereocenters. The average molecular weight is 378 g/mol. The first-order valence-corrected chi connectivity index (χ1v) is 7.83. The average Bonchev–Trinajstić information content (AvgIpc) is 2.63. The van der Waals surface area contributed by atoms with Crippen LogP contribution in [0.5, 0.6) is 11.5 Å². The predicted octanol–water partition coefficient (Wildman–Crippen LogP) is 3.18. The lowest BCUT2D eigenvalue weighted by atomic mass is 10.1. The van der Waals surface area contributed by atoms with Crippen molar-refractivity contribution in [2.45, 2.75) is 6.92 Å². The standard InChI is InChI=1S/C17H16ClN3O5/c1-11(12-6-7-16(25-2)15(8-12)21(23)24)19-20-17(22)10-26-14-5-3-4-13(18)9-14/h3-9H,10H2,1-2H3,(H,20,22)/b19-11+. The highest BCUT2D eigenvalue weighted by Gasteiger charge is 2.16. The van der Waals surface area contributed by atoms with Gasteiger partial charge in [0.15, 0.2) is 12.4 Å². The summed E-state index contributed by atoms with van der Waals surface area (Å²) >= 11 is 5.83. The molecule has 2 rings (SSSR count). The summed E-state index contributed by atoms with van der Waals surface area (Å²) in [5.74, 6) is 0.122. The number of benzene rings is 2. The van der Waals surface area contributed by atoms with Crippen LogP contribution in [0.25, 0.3) is 0 Å². The fraction of sp³-hybridized carbons (Fsp3) is 0.176. The summed E-state index contributed by atoms with van der Waals surface area (Å²) in [5, 5.41) is 15.5. The van der Waals surface area contributed by atoms with Gasteiger partial charge in [-0.2, -0.15) is 5.10 Å². The number of carbonyl (C=O) groups is 1. The van der Waals surface area contributed by atoms with Crippen molar-refractivity contribution in [2.24, 2.45) is 5.10 Å². The van der Waals surface area contributed by atoms with Gasteiger partial charge in [-0.3, -0.25) is 14.9 Å². The van der Waals surface area contributed by atoms with Crippen molar-refractivity contribution in [1.82, 2.24) is 5.43 Å². The lowest BCUT2D eigenvalue weighted by molar-refractivity contribution is -0.385. The Morgan fingerprint density at radius 2 is 2.08 bits per heavy atom. The maximum atomic E-state index is 11.8. The second-order valence-corrected chi connectivity index (χ2v) is 5.56. The number of nitrogens with one attached hydrogen (secondary N) is 1. The third kappa shape index (κ3) is 5.18. The number of carbonyl (C=O) groups excluding carboxylic acids is 1. The van der Waals surface area contributed by atoms with Crippen molar-refractivity contribution in [1.29, 1.82) is 0 Å². The number of rotatable bonds is 7. The van der Waals surface area contributed by atoms with E-state index in [1.54, 1.807) is 37.3 Å². The monoisotopic (exact) mass is 377 g/mol. The summed E-state index contributed by atoms with van der Waals surface area (Å²) in [6.45, 7) is 1.36. The summed E-state index contributed by atoms with van der Waals surface area (Å²) < 4.78 is 10.2. The van der Waals surface area contributed by atoms with Crippen molar-refractivity contribution in [2.75, 3.05) is 13.7 Å². The molecule has 0 aromatic heterocycles. The molecule has 0 radical (unpaired) electrons. The van der Waals surface area contributed by atoms with Gasteiger partial charge in [-0.25, -0.2) is 5.43 Å². The Kier molecular flexibility index (Phi) is 6.51. The Hall–Kier alpha value is -3.13. The molecule has 0 aliphatic carbocycles. The Morgan fingerprint density at radius 1 is 1.31 bits per heavy atom. The number of nitro benzene ring substituents is 1. The van der Waals surface area contributed by atoms with E-state index in [0.717, 1.165) is 0 Å². The van der Waals surface area contributed by atoms with Gasteiger partial charge in [-0.15, -0.1) is 0 Å². The molecule has 26 heavy (non-hydrogen) atoms. The summed E-state index contributed by atoms with van der Waals surface area (Å²) in [6, 6.07) is 11.1. The Balaban J connectivity index is 2.00. The zero-order chi connectivity index (χ0) is 19.1. The van der Waals surface area contributed by atoms with E-state index in [2.05, 4.69) is 10.5 Å². The number of amides is 1. The van der Waals surface area contributed by atoms with E-state index in [-0.39, 0.29) is 18.0 Å². The second-order valence-electron chi connectivity index (χ2n) is 5.12. The first-order valence-electron chi connectivity index (χ1n) is 7.45. The quantitative estimate of drug-likeness (QED) is 0.453. The van der Waals surface area contributed by atoms with Crippen LogP contribution in [0, 0.1) is 10.1 Å². The third-order valence-corrected chi connectivity index (χ3v) is 3.54. The summed E-state index contributed by atoms with van der Waals surface area (Å²) in [5.41, 5.74) is 3.02. The highest BCUT2D eigenvalue weighted by molar-refractivity contribution is 6.30. The van der Waals surface area contributed by atoms with Gasteiger partial charge in [0.25, 0.3) is 5.91 Å². The van der Waals surface area contributed by atoms with Gasteiger partial charge in [0, 0.05) is 16.7 Å². The Bertz CT molecular complexity index is 854. The van der Waals surface area contributed by atoms with E-state index < -0.39 is 10.8 Å². The van der Waals surface area contributed by atoms with Crippen LogP contribution in [0.2, 0.25) is 5.02 Å². The first kappa shape index (κ1) is 19.2. The number of methoxy groups -OCH3 is 1. The molecule has 0 saturated heterocycles. The van der Waals surface area contributed by atoms with E-state index in [4.69, 9.17) is 21.1 Å². The number of halogens is 1. The first-order chi connectivity index (χ1) is 12.4. The Labute approximate surface area is 154 Å². The molecule has 2 aromatic rings. The molecular formula is C17H16ClN3O5. The highest BCUT2D eigenvalue weighted by atomic mass is 35.5. The molecule has 136 valence electrons. The highest BCUT2D eigenvalue weighted by Crippen LogP contribution is 2.27. The number of nitrogens with zero attached hydrogens (tertiary/aromatic N) is 2. The molecule has 0 aliphatic heterocycles. The van der Waals surface area contributed by atoms with Crippen LogP contribution < -0.4 is 14.9 Å². The van der Waals surface area contributed by atoms with Gasteiger partial charge >= 0.3 is 5.69 Å². The van der Waals surface area contributed by atoms with Crippen molar-refractivity contribution >= 4 is 28.9 Å².